The van der Waals surface area contributed by atoms with E-state index in [2.05, 4.69) is 22.6 Å². The molecule has 0 aliphatic rings. The van der Waals surface area contributed by atoms with E-state index in [1.165, 1.54) is 0 Å². The highest BCUT2D eigenvalue weighted by Gasteiger charge is 2.14. The molecule has 0 fully saturated rings. The van der Waals surface area contributed by atoms with Crippen molar-refractivity contribution in [3.05, 3.63) is 56.0 Å². The Bertz CT molecular complexity index is 580. The van der Waals surface area contributed by atoms with Crippen molar-refractivity contribution in [2.45, 2.75) is 25.8 Å². The van der Waals surface area contributed by atoms with Crippen LogP contribution < -0.4 is 5.32 Å². The first kappa shape index (κ1) is 14.6. The van der Waals surface area contributed by atoms with Crippen molar-refractivity contribution >= 4 is 17.0 Å². The summed E-state index contributed by atoms with van der Waals surface area (Å²) in [5, 5.41) is 17.1. The monoisotopic (exact) mass is 291 g/mol. The predicted molar refractivity (Wildman–Crippen MR) is 80.1 cm³/mol. The largest absolute Gasteiger partial charge is 0.311 e. The van der Waals surface area contributed by atoms with Crippen LogP contribution in [0.5, 0.6) is 0 Å². The molecule has 0 bridgehead atoms. The van der Waals surface area contributed by atoms with E-state index in [4.69, 9.17) is 0 Å². The molecule has 1 N–H and O–H groups in total. The van der Waals surface area contributed by atoms with Gasteiger partial charge in [0.2, 0.25) is 0 Å². The lowest BCUT2D eigenvalue weighted by molar-refractivity contribution is -0.384. The minimum Gasteiger partial charge on any atom is -0.311 e. The van der Waals surface area contributed by atoms with Gasteiger partial charge in [0.1, 0.15) is 0 Å². The lowest BCUT2D eigenvalue weighted by atomic mass is 10.0. The molecule has 1 atom stereocenters. The first-order valence-corrected chi connectivity index (χ1v) is 7.37. The van der Waals surface area contributed by atoms with Gasteiger partial charge in [-0.1, -0.05) is 19.1 Å². The molecule has 106 valence electrons. The van der Waals surface area contributed by atoms with Gasteiger partial charge in [0.05, 0.1) is 21.7 Å². The van der Waals surface area contributed by atoms with Crippen LogP contribution >= 0.6 is 11.3 Å². The van der Waals surface area contributed by atoms with Crippen molar-refractivity contribution in [1.82, 2.24) is 10.3 Å². The van der Waals surface area contributed by atoms with Crippen molar-refractivity contribution in [3.63, 3.8) is 0 Å². The van der Waals surface area contributed by atoms with E-state index in [0.717, 1.165) is 29.1 Å². The summed E-state index contributed by atoms with van der Waals surface area (Å²) in [6.45, 7) is 2.09. The topological polar surface area (TPSA) is 68.1 Å². The first-order valence-electron chi connectivity index (χ1n) is 6.49. The quantitative estimate of drug-likeness (QED) is 0.656. The molecule has 1 aromatic carbocycles. The van der Waals surface area contributed by atoms with Crippen LogP contribution in [-0.2, 0) is 12.8 Å². The fourth-order valence-corrected chi connectivity index (χ4v) is 2.79. The second-order valence-corrected chi connectivity index (χ2v) is 5.43. The van der Waals surface area contributed by atoms with Crippen LogP contribution in [0.15, 0.2) is 29.6 Å². The van der Waals surface area contributed by atoms with Gasteiger partial charge in [0.25, 0.3) is 5.69 Å². The van der Waals surface area contributed by atoms with Gasteiger partial charge < -0.3 is 5.32 Å². The molecule has 0 saturated carbocycles. The maximum absolute atomic E-state index is 10.6. The molecule has 1 heterocycles. The molecule has 0 amide bonds. The number of nitrogens with one attached hydrogen (secondary N) is 1. The van der Waals surface area contributed by atoms with Gasteiger partial charge in [-0.25, -0.2) is 4.98 Å². The molecular weight excluding hydrogens is 274 g/mol. The van der Waals surface area contributed by atoms with E-state index < -0.39 is 0 Å². The van der Waals surface area contributed by atoms with Crippen molar-refractivity contribution < 1.29 is 4.92 Å². The Labute approximate surface area is 121 Å². The lowest BCUT2D eigenvalue weighted by Gasteiger charge is -2.13. The summed E-state index contributed by atoms with van der Waals surface area (Å²) in [5.74, 6) is 0. The number of aromatic nitrogens is 1. The van der Waals surface area contributed by atoms with Gasteiger partial charge in [-0.2, -0.15) is 0 Å². The summed E-state index contributed by atoms with van der Waals surface area (Å²) in [6.07, 6.45) is 1.71. The van der Waals surface area contributed by atoms with E-state index in [-0.39, 0.29) is 16.7 Å². The van der Waals surface area contributed by atoms with Crippen LogP contribution in [0.25, 0.3) is 0 Å². The van der Waals surface area contributed by atoms with Crippen LogP contribution in [-0.4, -0.2) is 17.0 Å². The Kier molecular flexibility index (Phi) is 4.81. The fraction of sp³-hybridized carbons (Fsp3) is 0.357. The van der Waals surface area contributed by atoms with Gasteiger partial charge in [-0.3, -0.25) is 10.1 Å². The minimum absolute atomic E-state index is 0.122. The molecule has 1 unspecified atom stereocenters. The number of nitro groups is 1. The van der Waals surface area contributed by atoms with Gasteiger partial charge in [-0.05, 0) is 25.5 Å². The van der Waals surface area contributed by atoms with Crippen LogP contribution in [0.2, 0.25) is 0 Å². The van der Waals surface area contributed by atoms with E-state index in [1.807, 2.05) is 7.05 Å². The number of likely N-dealkylation sites (N-methyl/N-ethyl adjacent to an activating group) is 1. The number of nitro benzene ring substituents is 1. The molecular formula is C14H17N3O2S. The SMILES string of the molecule is CCc1nc(C(Cc2ccc([N+](=O)[O-])cc2)NC)cs1. The minimum atomic E-state index is -0.382. The highest BCUT2D eigenvalue weighted by Crippen LogP contribution is 2.22. The number of benzene rings is 1. The third kappa shape index (κ3) is 3.40. The normalized spacial score (nSPS) is 12.3. The maximum atomic E-state index is 10.6. The Morgan fingerprint density at radius 3 is 2.60 bits per heavy atom. The Morgan fingerprint density at radius 1 is 1.40 bits per heavy atom. The Morgan fingerprint density at radius 2 is 2.10 bits per heavy atom. The van der Waals surface area contributed by atoms with Crippen LogP contribution in [0.1, 0.15) is 29.2 Å². The number of nitrogens with zero attached hydrogens (tertiary/aromatic N) is 2. The zero-order valence-electron chi connectivity index (χ0n) is 11.5. The molecule has 1 aromatic heterocycles. The molecule has 6 heteroatoms. The summed E-state index contributed by atoms with van der Waals surface area (Å²) < 4.78 is 0. The Hall–Kier alpha value is -1.79. The Balaban J connectivity index is 2.11. The highest BCUT2D eigenvalue weighted by atomic mass is 32.1. The average Bonchev–Trinajstić information content (AvgIpc) is 2.94. The average molecular weight is 291 g/mol. The number of hydrogen-bond acceptors (Lipinski definition) is 5. The van der Waals surface area contributed by atoms with Crippen molar-refractivity contribution in [1.29, 1.82) is 0 Å². The maximum Gasteiger partial charge on any atom is 0.269 e. The van der Waals surface area contributed by atoms with E-state index in [9.17, 15) is 10.1 Å². The zero-order chi connectivity index (χ0) is 14.5. The number of rotatable bonds is 6. The summed E-state index contributed by atoms with van der Waals surface area (Å²) >= 11 is 1.67. The summed E-state index contributed by atoms with van der Waals surface area (Å²) in [7, 11) is 1.90. The number of thiazole rings is 1. The smallest absolute Gasteiger partial charge is 0.269 e. The molecule has 0 spiro atoms. The van der Waals surface area contributed by atoms with Crippen molar-refractivity contribution in [3.8, 4) is 0 Å². The van der Waals surface area contributed by atoms with Gasteiger partial charge in [0, 0.05) is 17.5 Å². The van der Waals surface area contributed by atoms with E-state index in [0.29, 0.717) is 0 Å². The molecule has 0 radical (unpaired) electrons. The number of non-ortho nitro benzene ring substituents is 1. The molecule has 20 heavy (non-hydrogen) atoms. The predicted octanol–water partition coefficient (Wildman–Crippen LogP) is 3.12. The van der Waals surface area contributed by atoms with Crippen LogP contribution in [0.3, 0.4) is 0 Å². The zero-order valence-corrected chi connectivity index (χ0v) is 12.3. The second kappa shape index (κ2) is 6.58. The summed E-state index contributed by atoms with van der Waals surface area (Å²) in [6, 6.07) is 6.82. The van der Waals surface area contributed by atoms with Crippen molar-refractivity contribution in [2.24, 2.45) is 0 Å². The van der Waals surface area contributed by atoms with E-state index >= 15 is 0 Å². The van der Waals surface area contributed by atoms with Gasteiger partial charge >= 0.3 is 0 Å². The summed E-state index contributed by atoms with van der Waals surface area (Å²) in [4.78, 5) is 14.8. The first-order chi connectivity index (χ1) is 9.63. The highest BCUT2D eigenvalue weighted by molar-refractivity contribution is 7.09. The molecule has 2 rings (SSSR count). The number of aryl methyl sites for hydroxylation is 1. The molecule has 0 aliphatic heterocycles. The third-order valence-corrected chi connectivity index (χ3v) is 4.18. The van der Waals surface area contributed by atoms with Gasteiger partial charge in [-0.15, -0.1) is 11.3 Å². The lowest BCUT2D eigenvalue weighted by Crippen LogP contribution is -2.19. The molecule has 0 aliphatic carbocycles. The van der Waals surface area contributed by atoms with Crippen LogP contribution in [0, 0.1) is 10.1 Å². The fourth-order valence-electron chi connectivity index (χ4n) is 1.99. The van der Waals surface area contributed by atoms with E-state index in [1.54, 1.807) is 35.6 Å². The summed E-state index contributed by atoms with van der Waals surface area (Å²) in [5.41, 5.74) is 2.21. The second-order valence-electron chi connectivity index (χ2n) is 4.49. The number of hydrogen-bond donors (Lipinski definition) is 1. The molecule has 0 saturated heterocycles. The van der Waals surface area contributed by atoms with Crippen LogP contribution in [0.4, 0.5) is 5.69 Å². The molecule has 2 aromatic rings. The van der Waals surface area contributed by atoms with Gasteiger partial charge in [0.15, 0.2) is 0 Å². The standard InChI is InChI=1S/C14H17N3O2S/c1-3-14-16-13(9-20-14)12(15-2)8-10-4-6-11(7-5-10)17(18)19/h4-7,9,12,15H,3,8H2,1-2H3. The third-order valence-electron chi connectivity index (χ3n) is 3.16. The molecule has 5 nitrogen and oxygen atoms in total. The van der Waals surface area contributed by atoms with Crippen molar-refractivity contribution in [2.75, 3.05) is 7.05 Å².